The van der Waals surface area contributed by atoms with Gasteiger partial charge in [0.2, 0.25) is 0 Å². The zero-order chi connectivity index (χ0) is 13.8. The number of hydrogen-bond acceptors (Lipinski definition) is 3. The van der Waals surface area contributed by atoms with Gasteiger partial charge in [-0.1, -0.05) is 13.8 Å². The molecule has 0 radical (unpaired) electrons. The molecule has 2 unspecified atom stereocenters. The molecule has 0 aromatic rings. The molecule has 3 nitrogen and oxygen atoms in total. The van der Waals surface area contributed by atoms with Crippen molar-refractivity contribution >= 4 is 5.97 Å². The molecular weight excluding hydrogens is 238 g/mol. The molecule has 1 saturated carbocycles. The molecule has 0 aromatic carbocycles. The highest BCUT2D eigenvalue weighted by atomic mass is 16.5. The fraction of sp³-hybridized carbons (Fsp3) is 0.938. The molecule has 2 aliphatic rings. The second-order valence-electron chi connectivity index (χ2n) is 6.66. The van der Waals surface area contributed by atoms with Crippen LogP contribution in [-0.4, -0.2) is 36.6 Å². The Morgan fingerprint density at radius 2 is 1.89 bits per heavy atom. The minimum absolute atomic E-state index is 0.0177. The van der Waals surface area contributed by atoms with Crippen LogP contribution in [0.25, 0.3) is 0 Å². The Labute approximate surface area is 117 Å². The van der Waals surface area contributed by atoms with Gasteiger partial charge in [0.15, 0.2) is 0 Å². The van der Waals surface area contributed by atoms with E-state index in [9.17, 15) is 4.79 Å². The average molecular weight is 267 g/mol. The summed E-state index contributed by atoms with van der Waals surface area (Å²) in [6.45, 7) is 9.23. The maximum absolute atomic E-state index is 11.9. The molecule has 0 N–H and O–H groups in total. The predicted octanol–water partition coefficient (Wildman–Crippen LogP) is 3.09. The molecule has 0 bridgehead atoms. The number of nitrogens with zero attached hydrogens (tertiary/aromatic N) is 1. The van der Waals surface area contributed by atoms with Crippen molar-refractivity contribution in [3.63, 3.8) is 0 Å². The summed E-state index contributed by atoms with van der Waals surface area (Å²) < 4.78 is 5.19. The molecule has 1 aliphatic heterocycles. The molecular formula is C16H29NO2. The van der Waals surface area contributed by atoms with E-state index in [1.54, 1.807) is 0 Å². The number of esters is 1. The summed E-state index contributed by atoms with van der Waals surface area (Å²) in [5, 5.41) is 0. The fourth-order valence-corrected chi connectivity index (χ4v) is 3.99. The molecule has 2 fully saturated rings. The molecule has 19 heavy (non-hydrogen) atoms. The van der Waals surface area contributed by atoms with Crippen LogP contribution in [0.1, 0.15) is 52.9 Å². The molecule has 0 aromatic heterocycles. The Kier molecular flexibility index (Phi) is 5.26. The molecule has 0 spiro atoms. The molecule has 2 rings (SSSR count). The first-order chi connectivity index (χ1) is 9.10. The minimum atomic E-state index is 0.0177. The van der Waals surface area contributed by atoms with Crippen LogP contribution in [0.3, 0.4) is 0 Å². The standard InChI is InChI=1S/C16H29NO2/c1-4-19-16(18)14-6-5-7-17(11-14)15-9-12(2)8-13(3)10-15/h12-15H,4-11H2,1-3H3/t12?,13?,14-,15?/m1/s1. The van der Waals surface area contributed by atoms with Crippen molar-refractivity contribution in [2.24, 2.45) is 17.8 Å². The van der Waals surface area contributed by atoms with E-state index in [0.717, 1.165) is 31.2 Å². The van der Waals surface area contributed by atoms with E-state index in [4.69, 9.17) is 4.74 Å². The van der Waals surface area contributed by atoms with Gasteiger partial charge in [-0.25, -0.2) is 0 Å². The summed E-state index contributed by atoms with van der Waals surface area (Å²) in [5.41, 5.74) is 0. The SMILES string of the molecule is CCOC(=O)[C@@H]1CCCN(C2CC(C)CC(C)C2)C1. The van der Waals surface area contributed by atoms with Crippen LogP contribution in [0.15, 0.2) is 0 Å². The monoisotopic (exact) mass is 267 g/mol. The lowest BCUT2D eigenvalue weighted by atomic mass is 9.79. The van der Waals surface area contributed by atoms with Crippen molar-refractivity contribution in [1.29, 1.82) is 0 Å². The molecule has 1 heterocycles. The highest BCUT2D eigenvalue weighted by molar-refractivity contribution is 5.72. The first-order valence-electron chi connectivity index (χ1n) is 8.00. The van der Waals surface area contributed by atoms with E-state index in [-0.39, 0.29) is 11.9 Å². The molecule has 110 valence electrons. The Bertz CT molecular complexity index is 295. The first kappa shape index (κ1) is 14.8. The van der Waals surface area contributed by atoms with Gasteiger partial charge in [0.05, 0.1) is 12.5 Å². The zero-order valence-electron chi connectivity index (χ0n) is 12.7. The van der Waals surface area contributed by atoms with E-state index in [2.05, 4.69) is 18.7 Å². The topological polar surface area (TPSA) is 29.5 Å². The van der Waals surface area contributed by atoms with Crippen molar-refractivity contribution < 1.29 is 9.53 Å². The lowest BCUT2D eigenvalue weighted by Gasteiger charge is -2.42. The second-order valence-corrected chi connectivity index (χ2v) is 6.66. The van der Waals surface area contributed by atoms with Crippen LogP contribution in [-0.2, 0) is 9.53 Å². The van der Waals surface area contributed by atoms with Gasteiger partial charge in [-0.15, -0.1) is 0 Å². The Morgan fingerprint density at radius 3 is 2.53 bits per heavy atom. The van der Waals surface area contributed by atoms with Gasteiger partial charge in [-0.3, -0.25) is 9.69 Å². The van der Waals surface area contributed by atoms with Gasteiger partial charge in [0.1, 0.15) is 0 Å². The number of piperidine rings is 1. The van der Waals surface area contributed by atoms with Crippen LogP contribution >= 0.6 is 0 Å². The van der Waals surface area contributed by atoms with Crippen molar-refractivity contribution in [2.75, 3.05) is 19.7 Å². The Balaban J connectivity index is 1.91. The summed E-state index contributed by atoms with van der Waals surface area (Å²) >= 11 is 0. The summed E-state index contributed by atoms with van der Waals surface area (Å²) in [5.74, 6) is 1.79. The van der Waals surface area contributed by atoms with Crippen LogP contribution in [0.4, 0.5) is 0 Å². The average Bonchev–Trinajstić information content (AvgIpc) is 2.38. The molecule has 3 atom stereocenters. The lowest BCUT2D eigenvalue weighted by Crippen LogP contribution is -2.47. The van der Waals surface area contributed by atoms with Crippen LogP contribution in [0.2, 0.25) is 0 Å². The van der Waals surface area contributed by atoms with Crippen LogP contribution < -0.4 is 0 Å². The number of carbonyl (C=O) groups excluding carboxylic acids is 1. The zero-order valence-corrected chi connectivity index (χ0v) is 12.7. The highest BCUT2D eigenvalue weighted by Crippen LogP contribution is 2.33. The third-order valence-corrected chi connectivity index (χ3v) is 4.74. The lowest BCUT2D eigenvalue weighted by molar-refractivity contribution is -0.150. The van der Waals surface area contributed by atoms with Crippen molar-refractivity contribution in [1.82, 2.24) is 4.90 Å². The van der Waals surface area contributed by atoms with Crippen LogP contribution in [0, 0.1) is 17.8 Å². The van der Waals surface area contributed by atoms with Gasteiger partial charge in [0.25, 0.3) is 0 Å². The normalized spacial score (nSPS) is 37.0. The maximum Gasteiger partial charge on any atom is 0.310 e. The van der Waals surface area contributed by atoms with Gasteiger partial charge < -0.3 is 4.74 Å². The fourth-order valence-electron chi connectivity index (χ4n) is 3.99. The van der Waals surface area contributed by atoms with E-state index >= 15 is 0 Å². The second kappa shape index (κ2) is 6.74. The van der Waals surface area contributed by atoms with Gasteiger partial charge in [-0.05, 0) is 57.4 Å². The predicted molar refractivity (Wildman–Crippen MR) is 76.9 cm³/mol. The van der Waals surface area contributed by atoms with Crippen LogP contribution in [0.5, 0.6) is 0 Å². The molecule has 1 saturated heterocycles. The summed E-state index contributed by atoms with van der Waals surface area (Å²) in [6, 6.07) is 0.691. The summed E-state index contributed by atoms with van der Waals surface area (Å²) in [7, 11) is 0. The Morgan fingerprint density at radius 1 is 1.21 bits per heavy atom. The minimum Gasteiger partial charge on any atom is -0.466 e. The number of carbonyl (C=O) groups is 1. The van der Waals surface area contributed by atoms with E-state index in [0.29, 0.717) is 12.6 Å². The third kappa shape index (κ3) is 3.95. The van der Waals surface area contributed by atoms with Gasteiger partial charge in [0, 0.05) is 12.6 Å². The van der Waals surface area contributed by atoms with E-state index in [1.165, 1.54) is 25.8 Å². The van der Waals surface area contributed by atoms with Crippen molar-refractivity contribution in [3.8, 4) is 0 Å². The molecule has 0 amide bonds. The van der Waals surface area contributed by atoms with Gasteiger partial charge >= 0.3 is 5.97 Å². The van der Waals surface area contributed by atoms with E-state index < -0.39 is 0 Å². The van der Waals surface area contributed by atoms with Gasteiger partial charge in [-0.2, -0.15) is 0 Å². The maximum atomic E-state index is 11.9. The molecule has 3 heteroatoms. The first-order valence-corrected chi connectivity index (χ1v) is 8.00. The summed E-state index contributed by atoms with van der Waals surface area (Å²) in [4.78, 5) is 14.5. The smallest absolute Gasteiger partial charge is 0.310 e. The third-order valence-electron chi connectivity index (χ3n) is 4.74. The molecule has 1 aliphatic carbocycles. The number of rotatable bonds is 3. The number of hydrogen-bond donors (Lipinski definition) is 0. The largest absolute Gasteiger partial charge is 0.466 e. The van der Waals surface area contributed by atoms with Crippen molar-refractivity contribution in [3.05, 3.63) is 0 Å². The van der Waals surface area contributed by atoms with Crippen molar-refractivity contribution in [2.45, 2.75) is 58.9 Å². The Hall–Kier alpha value is -0.570. The number of ether oxygens (including phenoxy) is 1. The van der Waals surface area contributed by atoms with E-state index in [1.807, 2.05) is 6.92 Å². The quantitative estimate of drug-likeness (QED) is 0.736. The number of likely N-dealkylation sites (tertiary alicyclic amines) is 1. The highest BCUT2D eigenvalue weighted by Gasteiger charge is 2.33. The summed E-state index contributed by atoms with van der Waals surface area (Å²) in [6.07, 6.45) is 6.13.